The zero-order valence-electron chi connectivity index (χ0n) is 10.2. The summed E-state index contributed by atoms with van der Waals surface area (Å²) >= 11 is 0. The highest BCUT2D eigenvalue weighted by Crippen LogP contribution is 2.30. The third kappa shape index (κ3) is 1.78. The Bertz CT molecular complexity index is 861. The van der Waals surface area contributed by atoms with E-state index < -0.39 is 4.92 Å². The Hall–Kier alpha value is -3.20. The first kappa shape index (κ1) is 11.9. The monoisotopic (exact) mass is 264 g/mol. The minimum Gasteiger partial charge on any atom is -0.277 e. The third-order valence-corrected chi connectivity index (χ3v) is 3.06. The fourth-order valence-corrected chi connectivity index (χ4v) is 2.11. The van der Waals surface area contributed by atoms with Gasteiger partial charge in [-0.15, -0.1) is 0 Å². The molecule has 2 aromatic carbocycles. The molecule has 1 N–H and O–H groups in total. The van der Waals surface area contributed by atoms with E-state index in [1.165, 1.54) is 12.1 Å². The largest absolute Gasteiger partial charge is 0.277 e. The molecular formula is C14H8N4O2. The fourth-order valence-electron chi connectivity index (χ4n) is 2.11. The van der Waals surface area contributed by atoms with Gasteiger partial charge in [-0.25, -0.2) is 0 Å². The van der Waals surface area contributed by atoms with E-state index in [0.29, 0.717) is 27.7 Å². The van der Waals surface area contributed by atoms with E-state index >= 15 is 0 Å². The zero-order valence-corrected chi connectivity index (χ0v) is 10.2. The highest BCUT2D eigenvalue weighted by molar-refractivity contribution is 5.95. The third-order valence-electron chi connectivity index (χ3n) is 3.06. The molecule has 0 aliphatic heterocycles. The Morgan fingerprint density at radius 2 is 2.05 bits per heavy atom. The normalized spacial score (nSPS) is 10.3. The van der Waals surface area contributed by atoms with Crippen molar-refractivity contribution in [2.75, 3.05) is 0 Å². The van der Waals surface area contributed by atoms with Crippen LogP contribution in [-0.4, -0.2) is 15.1 Å². The summed E-state index contributed by atoms with van der Waals surface area (Å²) in [6, 6.07) is 13.6. The summed E-state index contributed by atoms with van der Waals surface area (Å²) < 4.78 is 0. The van der Waals surface area contributed by atoms with Crippen LogP contribution in [0.25, 0.3) is 22.2 Å². The van der Waals surface area contributed by atoms with Gasteiger partial charge in [0.15, 0.2) is 0 Å². The molecule has 20 heavy (non-hydrogen) atoms. The molecule has 6 heteroatoms. The molecule has 1 heterocycles. The van der Waals surface area contributed by atoms with Crippen molar-refractivity contribution in [2.24, 2.45) is 0 Å². The van der Waals surface area contributed by atoms with E-state index in [1.54, 1.807) is 30.3 Å². The molecule has 1 aromatic heterocycles. The smallest absolute Gasteiger partial charge is 0.270 e. The van der Waals surface area contributed by atoms with Gasteiger partial charge in [0.05, 0.1) is 22.1 Å². The van der Waals surface area contributed by atoms with Crippen LogP contribution in [0.2, 0.25) is 0 Å². The first-order valence-corrected chi connectivity index (χ1v) is 5.82. The van der Waals surface area contributed by atoms with Gasteiger partial charge in [-0.1, -0.05) is 18.2 Å². The standard InChI is InChI=1S/C14H8N4O2/c15-8-9-3-1-2-4-11(9)14-12-7-10(18(19)20)5-6-13(12)16-17-14/h1-7H,(H,16,17). The summed E-state index contributed by atoms with van der Waals surface area (Å²) in [5, 5.41) is 27.6. The van der Waals surface area contributed by atoms with Crippen LogP contribution in [0.5, 0.6) is 0 Å². The molecule has 0 atom stereocenters. The Morgan fingerprint density at radius 3 is 2.80 bits per heavy atom. The predicted octanol–water partition coefficient (Wildman–Crippen LogP) is 3.01. The number of rotatable bonds is 2. The fraction of sp³-hybridized carbons (Fsp3) is 0. The molecule has 0 fully saturated rings. The van der Waals surface area contributed by atoms with E-state index in [9.17, 15) is 10.1 Å². The highest BCUT2D eigenvalue weighted by atomic mass is 16.6. The molecule has 3 aromatic rings. The molecule has 0 bridgehead atoms. The van der Waals surface area contributed by atoms with Gasteiger partial charge >= 0.3 is 0 Å². The molecule has 0 aliphatic rings. The minimum absolute atomic E-state index is 0.00501. The molecule has 0 saturated heterocycles. The molecule has 0 unspecified atom stereocenters. The molecule has 3 rings (SSSR count). The summed E-state index contributed by atoms with van der Waals surface area (Å²) in [5.41, 5.74) is 2.36. The van der Waals surface area contributed by atoms with Gasteiger partial charge in [-0.05, 0) is 12.1 Å². The summed E-state index contributed by atoms with van der Waals surface area (Å²) in [6.45, 7) is 0. The number of nitro groups is 1. The average Bonchev–Trinajstić information content (AvgIpc) is 2.89. The summed E-state index contributed by atoms with van der Waals surface area (Å²) in [5.74, 6) is 0. The lowest BCUT2D eigenvalue weighted by Gasteiger charge is -2.00. The molecule has 0 amide bonds. The molecule has 0 aliphatic carbocycles. The topological polar surface area (TPSA) is 95.6 Å². The number of fused-ring (bicyclic) bond motifs is 1. The van der Waals surface area contributed by atoms with E-state index in [2.05, 4.69) is 16.3 Å². The second-order valence-electron chi connectivity index (χ2n) is 4.22. The number of nitriles is 1. The summed E-state index contributed by atoms with van der Waals surface area (Å²) in [4.78, 5) is 10.4. The van der Waals surface area contributed by atoms with Crippen molar-refractivity contribution in [3.63, 3.8) is 0 Å². The van der Waals surface area contributed by atoms with Crippen LogP contribution in [0.4, 0.5) is 5.69 Å². The van der Waals surface area contributed by atoms with Crippen molar-refractivity contribution in [3.05, 3.63) is 58.1 Å². The van der Waals surface area contributed by atoms with Crippen molar-refractivity contribution in [1.82, 2.24) is 10.2 Å². The van der Waals surface area contributed by atoms with Gasteiger partial charge in [0, 0.05) is 23.1 Å². The van der Waals surface area contributed by atoms with Crippen LogP contribution < -0.4 is 0 Å². The van der Waals surface area contributed by atoms with Crippen molar-refractivity contribution < 1.29 is 4.92 Å². The predicted molar refractivity (Wildman–Crippen MR) is 72.9 cm³/mol. The SMILES string of the molecule is N#Cc1ccccc1-c1n[nH]c2ccc([N+](=O)[O-])cc12. The van der Waals surface area contributed by atoms with Crippen molar-refractivity contribution in [3.8, 4) is 17.3 Å². The number of aromatic amines is 1. The van der Waals surface area contributed by atoms with Gasteiger partial charge in [0.1, 0.15) is 5.69 Å². The molecular weight excluding hydrogens is 256 g/mol. The first-order chi connectivity index (χ1) is 9.70. The van der Waals surface area contributed by atoms with Gasteiger partial charge in [-0.3, -0.25) is 15.2 Å². The number of nitrogens with zero attached hydrogens (tertiary/aromatic N) is 3. The number of nitrogens with one attached hydrogen (secondary N) is 1. The number of benzene rings is 2. The number of aromatic nitrogens is 2. The van der Waals surface area contributed by atoms with Crippen LogP contribution >= 0.6 is 0 Å². The summed E-state index contributed by atoms with van der Waals surface area (Å²) in [7, 11) is 0. The first-order valence-electron chi connectivity index (χ1n) is 5.82. The second-order valence-corrected chi connectivity index (χ2v) is 4.22. The van der Waals surface area contributed by atoms with E-state index in [4.69, 9.17) is 5.26 Å². The number of hydrogen-bond donors (Lipinski definition) is 1. The summed E-state index contributed by atoms with van der Waals surface area (Å²) in [6.07, 6.45) is 0. The lowest BCUT2D eigenvalue weighted by molar-refractivity contribution is -0.384. The van der Waals surface area contributed by atoms with Crippen LogP contribution in [0, 0.1) is 21.4 Å². The molecule has 96 valence electrons. The maximum absolute atomic E-state index is 10.9. The number of nitro benzene ring substituents is 1. The second kappa shape index (κ2) is 4.48. The molecule has 0 saturated carbocycles. The highest BCUT2D eigenvalue weighted by Gasteiger charge is 2.15. The van der Waals surface area contributed by atoms with Gasteiger partial charge < -0.3 is 0 Å². The Morgan fingerprint density at radius 1 is 1.25 bits per heavy atom. The lowest BCUT2D eigenvalue weighted by Crippen LogP contribution is -1.88. The van der Waals surface area contributed by atoms with Gasteiger partial charge in [0.2, 0.25) is 0 Å². The zero-order chi connectivity index (χ0) is 14.1. The van der Waals surface area contributed by atoms with Crippen LogP contribution in [0.1, 0.15) is 5.56 Å². The van der Waals surface area contributed by atoms with E-state index in [-0.39, 0.29) is 5.69 Å². The number of hydrogen-bond acceptors (Lipinski definition) is 4. The molecule has 0 radical (unpaired) electrons. The quantitative estimate of drug-likeness (QED) is 0.568. The van der Waals surface area contributed by atoms with Gasteiger partial charge in [0.25, 0.3) is 5.69 Å². The van der Waals surface area contributed by atoms with Gasteiger partial charge in [-0.2, -0.15) is 10.4 Å². The maximum atomic E-state index is 10.9. The van der Waals surface area contributed by atoms with E-state index in [1.807, 2.05) is 0 Å². The lowest BCUT2D eigenvalue weighted by atomic mass is 10.0. The van der Waals surface area contributed by atoms with Crippen LogP contribution in [0.15, 0.2) is 42.5 Å². The minimum atomic E-state index is -0.452. The Labute approximate surface area is 113 Å². The molecule has 6 nitrogen and oxygen atoms in total. The average molecular weight is 264 g/mol. The Balaban J connectivity index is 2.29. The van der Waals surface area contributed by atoms with Crippen molar-refractivity contribution in [2.45, 2.75) is 0 Å². The van der Waals surface area contributed by atoms with Crippen LogP contribution in [-0.2, 0) is 0 Å². The van der Waals surface area contributed by atoms with E-state index in [0.717, 1.165) is 0 Å². The van der Waals surface area contributed by atoms with Crippen LogP contribution in [0.3, 0.4) is 0 Å². The Kier molecular flexibility index (Phi) is 2.66. The number of H-pyrrole nitrogens is 1. The number of non-ortho nitro benzene ring substituents is 1. The molecule has 0 spiro atoms. The van der Waals surface area contributed by atoms with Crippen molar-refractivity contribution in [1.29, 1.82) is 5.26 Å². The maximum Gasteiger partial charge on any atom is 0.270 e. The van der Waals surface area contributed by atoms with Crippen molar-refractivity contribution >= 4 is 16.6 Å².